The standard InChI is InChI=1S/C21H23FN6OS/c22-17-5-3-14(4-6-17)12-18-26-27-21(30-18)25-13-16-2-1-9-24-20(16)28-10-7-15(8-11-28)19(23)29/h1-6,9,15H,7-8,10-13H2,(H2,23,29)(H,25,27). The molecule has 156 valence electrons. The van der Waals surface area contributed by atoms with Gasteiger partial charge < -0.3 is 16.0 Å². The first kappa shape index (κ1) is 20.2. The number of nitrogens with zero attached hydrogens (tertiary/aromatic N) is 4. The van der Waals surface area contributed by atoms with E-state index in [9.17, 15) is 9.18 Å². The topological polar surface area (TPSA) is 97.0 Å². The first-order chi connectivity index (χ1) is 14.6. The highest BCUT2D eigenvalue weighted by Crippen LogP contribution is 2.26. The van der Waals surface area contributed by atoms with Crippen LogP contribution in [0.3, 0.4) is 0 Å². The zero-order valence-electron chi connectivity index (χ0n) is 16.4. The molecule has 3 N–H and O–H groups in total. The second kappa shape index (κ2) is 9.17. The van der Waals surface area contributed by atoms with Crippen molar-refractivity contribution in [2.45, 2.75) is 25.8 Å². The molecule has 9 heteroatoms. The van der Waals surface area contributed by atoms with Gasteiger partial charge in [-0.05, 0) is 36.6 Å². The Morgan fingerprint density at radius 3 is 2.70 bits per heavy atom. The molecular formula is C21H23FN6OS. The van der Waals surface area contributed by atoms with Crippen LogP contribution in [0.4, 0.5) is 15.3 Å². The van der Waals surface area contributed by atoms with Gasteiger partial charge in [0.25, 0.3) is 0 Å². The summed E-state index contributed by atoms with van der Waals surface area (Å²) >= 11 is 1.48. The monoisotopic (exact) mass is 426 g/mol. The van der Waals surface area contributed by atoms with Gasteiger partial charge in [-0.15, -0.1) is 10.2 Å². The molecule has 0 radical (unpaired) electrons. The van der Waals surface area contributed by atoms with Crippen LogP contribution in [-0.4, -0.2) is 34.2 Å². The molecule has 30 heavy (non-hydrogen) atoms. The van der Waals surface area contributed by atoms with E-state index in [4.69, 9.17) is 5.73 Å². The summed E-state index contributed by atoms with van der Waals surface area (Å²) in [6.45, 7) is 2.10. The summed E-state index contributed by atoms with van der Waals surface area (Å²) in [7, 11) is 0. The number of nitrogens with one attached hydrogen (secondary N) is 1. The van der Waals surface area contributed by atoms with Crippen LogP contribution >= 0.6 is 11.3 Å². The van der Waals surface area contributed by atoms with Crippen LogP contribution in [0.1, 0.15) is 29.0 Å². The number of primary amides is 1. The van der Waals surface area contributed by atoms with Crippen molar-refractivity contribution in [2.75, 3.05) is 23.3 Å². The number of benzene rings is 1. The van der Waals surface area contributed by atoms with Crippen LogP contribution in [0.2, 0.25) is 0 Å². The average Bonchev–Trinajstić information content (AvgIpc) is 3.21. The lowest BCUT2D eigenvalue weighted by Crippen LogP contribution is -2.39. The quantitative estimate of drug-likeness (QED) is 0.603. The summed E-state index contributed by atoms with van der Waals surface area (Å²) in [5.74, 6) is 0.409. The molecule has 0 aliphatic carbocycles. The van der Waals surface area contributed by atoms with Gasteiger partial charge in [-0.3, -0.25) is 4.79 Å². The molecule has 0 bridgehead atoms. The van der Waals surface area contributed by atoms with Crippen molar-refractivity contribution in [3.05, 3.63) is 64.5 Å². The van der Waals surface area contributed by atoms with Gasteiger partial charge in [-0.1, -0.05) is 29.5 Å². The predicted octanol–water partition coefficient (Wildman–Crippen LogP) is 2.98. The Morgan fingerprint density at radius 2 is 1.97 bits per heavy atom. The van der Waals surface area contributed by atoms with E-state index in [0.717, 1.165) is 53.0 Å². The van der Waals surface area contributed by atoms with Crippen LogP contribution in [0.15, 0.2) is 42.6 Å². The number of pyridine rings is 1. The van der Waals surface area contributed by atoms with E-state index in [1.807, 2.05) is 12.1 Å². The zero-order valence-corrected chi connectivity index (χ0v) is 17.2. The number of halogens is 1. The van der Waals surface area contributed by atoms with Crippen molar-refractivity contribution in [1.82, 2.24) is 15.2 Å². The Hall–Kier alpha value is -3.07. The van der Waals surface area contributed by atoms with Gasteiger partial charge >= 0.3 is 0 Å². The first-order valence-electron chi connectivity index (χ1n) is 9.87. The van der Waals surface area contributed by atoms with E-state index in [1.165, 1.54) is 23.5 Å². The molecule has 1 fully saturated rings. The summed E-state index contributed by atoms with van der Waals surface area (Å²) in [5, 5.41) is 13.4. The van der Waals surface area contributed by atoms with E-state index >= 15 is 0 Å². The van der Waals surface area contributed by atoms with E-state index in [-0.39, 0.29) is 17.6 Å². The number of amides is 1. The highest BCUT2D eigenvalue weighted by atomic mass is 32.1. The second-order valence-electron chi connectivity index (χ2n) is 7.31. The normalized spacial score (nSPS) is 14.6. The molecule has 0 atom stereocenters. The van der Waals surface area contributed by atoms with Crippen molar-refractivity contribution < 1.29 is 9.18 Å². The lowest BCUT2D eigenvalue weighted by Gasteiger charge is -2.32. The second-order valence-corrected chi connectivity index (χ2v) is 8.37. The number of carbonyl (C=O) groups excluding carboxylic acids is 1. The fourth-order valence-electron chi connectivity index (χ4n) is 3.57. The summed E-state index contributed by atoms with van der Waals surface area (Å²) in [5.41, 5.74) is 7.49. The predicted molar refractivity (Wildman–Crippen MR) is 115 cm³/mol. The third-order valence-electron chi connectivity index (χ3n) is 5.23. The molecule has 1 amide bonds. The Kier molecular flexibility index (Phi) is 6.18. The molecule has 1 aromatic carbocycles. The molecule has 0 unspecified atom stereocenters. The Balaban J connectivity index is 1.37. The minimum atomic E-state index is -0.246. The molecular weight excluding hydrogens is 403 g/mol. The SMILES string of the molecule is NC(=O)C1CCN(c2ncccc2CNc2nnc(Cc3ccc(F)cc3)s2)CC1. The first-order valence-corrected chi connectivity index (χ1v) is 10.7. The minimum Gasteiger partial charge on any atom is -0.369 e. The number of hydrogen-bond acceptors (Lipinski definition) is 7. The van der Waals surface area contributed by atoms with Crippen molar-refractivity contribution in [1.29, 1.82) is 0 Å². The van der Waals surface area contributed by atoms with Gasteiger partial charge in [0.05, 0.1) is 0 Å². The molecule has 1 aliphatic heterocycles. The van der Waals surface area contributed by atoms with Crippen molar-refractivity contribution >= 4 is 28.2 Å². The molecule has 2 aromatic heterocycles. The molecule has 0 spiro atoms. The Labute approximate surface area is 178 Å². The maximum atomic E-state index is 13.0. The fourth-order valence-corrected chi connectivity index (χ4v) is 4.34. The molecule has 3 heterocycles. The van der Waals surface area contributed by atoms with Gasteiger partial charge in [0.2, 0.25) is 11.0 Å². The van der Waals surface area contributed by atoms with Gasteiger partial charge in [-0.2, -0.15) is 0 Å². The third kappa shape index (κ3) is 4.91. The zero-order chi connectivity index (χ0) is 20.9. The largest absolute Gasteiger partial charge is 0.369 e. The van der Waals surface area contributed by atoms with Crippen molar-refractivity contribution in [3.63, 3.8) is 0 Å². The van der Waals surface area contributed by atoms with E-state index in [2.05, 4.69) is 25.4 Å². The van der Waals surface area contributed by atoms with E-state index in [1.54, 1.807) is 18.3 Å². The summed E-state index contributed by atoms with van der Waals surface area (Å²) in [6, 6.07) is 10.4. The van der Waals surface area contributed by atoms with Gasteiger partial charge in [0.1, 0.15) is 16.6 Å². The smallest absolute Gasteiger partial charge is 0.220 e. The van der Waals surface area contributed by atoms with E-state index < -0.39 is 0 Å². The molecule has 4 rings (SSSR count). The number of hydrogen-bond donors (Lipinski definition) is 2. The molecule has 7 nitrogen and oxygen atoms in total. The number of aromatic nitrogens is 3. The van der Waals surface area contributed by atoms with Crippen LogP contribution in [-0.2, 0) is 17.8 Å². The minimum absolute atomic E-state index is 0.0486. The number of rotatable bonds is 7. The maximum Gasteiger partial charge on any atom is 0.220 e. The van der Waals surface area contributed by atoms with Crippen LogP contribution in [0.5, 0.6) is 0 Å². The van der Waals surface area contributed by atoms with Gasteiger partial charge in [0.15, 0.2) is 0 Å². The Morgan fingerprint density at radius 1 is 1.20 bits per heavy atom. The Bertz CT molecular complexity index is 1000. The van der Waals surface area contributed by atoms with Crippen LogP contribution < -0.4 is 16.0 Å². The van der Waals surface area contributed by atoms with Crippen molar-refractivity contribution in [2.24, 2.45) is 11.7 Å². The lowest BCUT2D eigenvalue weighted by molar-refractivity contribution is -0.122. The number of carbonyl (C=O) groups is 1. The summed E-state index contributed by atoms with van der Waals surface area (Å²) in [4.78, 5) is 18.2. The van der Waals surface area contributed by atoms with Gasteiger partial charge in [-0.25, -0.2) is 9.37 Å². The number of piperidine rings is 1. The van der Waals surface area contributed by atoms with E-state index in [0.29, 0.717) is 13.0 Å². The molecule has 1 aliphatic rings. The lowest BCUT2D eigenvalue weighted by atomic mass is 9.96. The molecule has 0 saturated carbocycles. The van der Waals surface area contributed by atoms with Crippen LogP contribution in [0, 0.1) is 11.7 Å². The molecule has 3 aromatic rings. The van der Waals surface area contributed by atoms with Crippen LogP contribution in [0.25, 0.3) is 0 Å². The fraction of sp³-hybridized carbons (Fsp3) is 0.333. The third-order valence-corrected chi connectivity index (χ3v) is 6.11. The number of nitrogens with two attached hydrogens (primary N) is 1. The highest BCUT2D eigenvalue weighted by molar-refractivity contribution is 7.15. The summed E-state index contributed by atoms with van der Waals surface area (Å²) in [6.07, 6.45) is 3.90. The molecule has 1 saturated heterocycles. The highest BCUT2D eigenvalue weighted by Gasteiger charge is 2.25. The number of anilines is 2. The summed E-state index contributed by atoms with van der Waals surface area (Å²) < 4.78 is 13.0. The average molecular weight is 427 g/mol. The van der Waals surface area contributed by atoms with Gasteiger partial charge in [0, 0.05) is 43.7 Å². The van der Waals surface area contributed by atoms with Crippen molar-refractivity contribution in [3.8, 4) is 0 Å². The maximum absolute atomic E-state index is 13.0.